The Morgan fingerprint density at radius 3 is 2.91 bits per heavy atom. The van der Waals surface area contributed by atoms with Gasteiger partial charge in [-0.3, -0.25) is 9.78 Å². The molecule has 0 aliphatic carbocycles. The summed E-state index contributed by atoms with van der Waals surface area (Å²) in [4.78, 5) is 17.8. The molecule has 2 aromatic rings. The van der Waals surface area contributed by atoms with Crippen LogP contribution in [0.15, 0.2) is 31.2 Å². The molecule has 0 fully saturated rings. The maximum Gasteiger partial charge on any atom is 0.230 e. The summed E-state index contributed by atoms with van der Waals surface area (Å²) in [5.41, 5.74) is 1.67. The van der Waals surface area contributed by atoms with Crippen LogP contribution in [-0.4, -0.2) is 39.7 Å². The minimum absolute atomic E-state index is 0.000586. The molecule has 2 heterocycles. The largest absolute Gasteiger partial charge is 0.312 e. The molecule has 0 radical (unpaired) electrons. The van der Waals surface area contributed by atoms with Crippen LogP contribution < -0.4 is 4.90 Å². The molecular weight excluding hydrogens is 315 g/mol. The number of carbonyl (C=O) groups excluding carboxylic acids is 1. The molecule has 1 unspecified atom stereocenters. The molecule has 1 atom stereocenters. The Labute approximate surface area is 139 Å². The lowest BCUT2D eigenvalue weighted by molar-refractivity contribution is -0.120. The number of rotatable bonds is 6. The molecule has 0 spiro atoms. The maximum absolute atomic E-state index is 13.3. The molecule has 122 valence electrons. The zero-order valence-corrected chi connectivity index (χ0v) is 14.2. The van der Waals surface area contributed by atoms with Crippen LogP contribution in [0.3, 0.4) is 0 Å². The maximum atomic E-state index is 13.3. The average Bonchev–Trinajstić information content (AvgIpc) is 2.98. The van der Waals surface area contributed by atoms with E-state index in [2.05, 4.69) is 16.7 Å². The minimum atomic E-state index is -0.447. The van der Waals surface area contributed by atoms with Crippen molar-refractivity contribution in [1.29, 1.82) is 0 Å². The number of hydrogen-bond acceptors (Lipinski definition) is 4. The monoisotopic (exact) mass is 334 g/mol. The summed E-state index contributed by atoms with van der Waals surface area (Å²) in [7, 11) is 1.71. The Bertz CT molecular complexity index is 716. The van der Waals surface area contributed by atoms with Crippen molar-refractivity contribution in [2.75, 3.05) is 24.0 Å². The highest BCUT2D eigenvalue weighted by Gasteiger charge is 2.22. The van der Waals surface area contributed by atoms with Gasteiger partial charge in [0.15, 0.2) is 0 Å². The summed E-state index contributed by atoms with van der Waals surface area (Å²) >= 11 is 1.63. The fraction of sp³-hybridized carbons (Fsp3) is 0.312. The molecule has 0 bridgehead atoms. The Hall–Kier alpha value is -2.15. The summed E-state index contributed by atoms with van der Waals surface area (Å²) in [6.45, 7) is 5.62. The number of anilines is 1. The zero-order valence-electron chi connectivity index (χ0n) is 13.4. The van der Waals surface area contributed by atoms with Gasteiger partial charge < -0.3 is 4.90 Å². The number of thioether (sulfide) groups is 1. The van der Waals surface area contributed by atoms with E-state index in [0.717, 1.165) is 11.9 Å². The van der Waals surface area contributed by atoms with Gasteiger partial charge in [-0.1, -0.05) is 13.5 Å². The Kier molecular flexibility index (Phi) is 5.54. The number of carbonyl (C=O) groups is 1. The summed E-state index contributed by atoms with van der Waals surface area (Å²) in [5, 5.41) is 4.34. The van der Waals surface area contributed by atoms with Gasteiger partial charge in [0, 0.05) is 24.8 Å². The van der Waals surface area contributed by atoms with Crippen molar-refractivity contribution < 1.29 is 9.18 Å². The first kappa shape index (κ1) is 17.2. The highest BCUT2D eigenvalue weighted by Crippen LogP contribution is 2.23. The Morgan fingerprint density at radius 1 is 1.57 bits per heavy atom. The summed E-state index contributed by atoms with van der Waals surface area (Å²) < 4.78 is 14.8. The van der Waals surface area contributed by atoms with E-state index < -0.39 is 5.82 Å². The SMILES string of the molecule is C=Cc1nn(-c2cncc(F)c2)cc1N(C)C(=O)C(C)CSC. The van der Waals surface area contributed by atoms with Crippen LogP contribution in [0, 0.1) is 11.7 Å². The smallest absolute Gasteiger partial charge is 0.230 e. The second kappa shape index (κ2) is 7.41. The highest BCUT2D eigenvalue weighted by atomic mass is 32.2. The minimum Gasteiger partial charge on any atom is -0.312 e. The van der Waals surface area contributed by atoms with Crippen molar-refractivity contribution in [2.45, 2.75) is 6.92 Å². The first-order valence-corrected chi connectivity index (χ1v) is 8.46. The first-order valence-electron chi connectivity index (χ1n) is 7.07. The van der Waals surface area contributed by atoms with Crippen LogP contribution in [-0.2, 0) is 4.79 Å². The van der Waals surface area contributed by atoms with Crippen LogP contribution in [0.25, 0.3) is 11.8 Å². The molecular formula is C16H19FN4OS. The lowest BCUT2D eigenvalue weighted by Gasteiger charge is -2.20. The van der Waals surface area contributed by atoms with E-state index in [1.165, 1.54) is 16.9 Å². The quantitative estimate of drug-likeness (QED) is 0.815. The predicted molar refractivity (Wildman–Crippen MR) is 92.4 cm³/mol. The van der Waals surface area contributed by atoms with Crippen molar-refractivity contribution in [2.24, 2.45) is 5.92 Å². The number of pyridine rings is 1. The van der Waals surface area contributed by atoms with Crippen LogP contribution in [0.2, 0.25) is 0 Å². The number of amides is 1. The third-order valence-corrected chi connectivity index (χ3v) is 4.23. The van der Waals surface area contributed by atoms with E-state index in [9.17, 15) is 9.18 Å². The van der Waals surface area contributed by atoms with Crippen LogP contribution in [0.4, 0.5) is 10.1 Å². The molecule has 5 nitrogen and oxygen atoms in total. The van der Waals surface area contributed by atoms with Crippen molar-refractivity contribution in [3.63, 3.8) is 0 Å². The lowest BCUT2D eigenvalue weighted by Crippen LogP contribution is -2.32. The Balaban J connectivity index is 2.36. The number of hydrogen-bond donors (Lipinski definition) is 0. The topological polar surface area (TPSA) is 51.0 Å². The van der Waals surface area contributed by atoms with Gasteiger partial charge >= 0.3 is 0 Å². The molecule has 0 aliphatic heterocycles. The third kappa shape index (κ3) is 3.79. The van der Waals surface area contributed by atoms with Crippen molar-refractivity contribution in [1.82, 2.24) is 14.8 Å². The van der Waals surface area contributed by atoms with E-state index in [1.54, 1.807) is 36.0 Å². The number of nitrogens with zero attached hydrogens (tertiary/aromatic N) is 4. The van der Waals surface area contributed by atoms with E-state index in [0.29, 0.717) is 17.1 Å². The fourth-order valence-electron chi connectivity index (χ4n) is 2.21. The molecule has 0 N–H and O–H groups in total. The van der Waals surface area contributed by atoms with E-state index in [1.807, 2.05) is 13.2 Å². The third-order valence-electron chi connectivity index (χ3n) is 3.40. The van der Waals surface area contributed by atoms with Crippen LogP contribution in [0.5, 0.6) is 0 Å². The van der Waals surface area contributed by atoms with Crippen LogP contribution in [0.1, 0.15) is 12.6 Å². The molecule has 2 rings (SSSR count). The van der Waals surface area contributed by atoms with E-state index in [4.69, 9.17) is 0 Å². The summed E-state index contributed by atoms with van der Waals surface area (Å²) in [6.07, 6.45) is 7.85. The molecule has 0 saturated heterocycles. The highest BCUT2D eigenvalue weighted by molar-refractivity contribution is 7.98. The van der Waals surface area contributed by atoms with Gasteiger partial charge in [-0.15, -0.1) is 0 Å². The van der Waals surface area contributed by atoms with Crippen molar-refractivity contribution in [3.8, 4) is 5.69 Å². The van der Waals surface area contributed by atoms with E-state index >= 15 is 0 Å². The number of halogens is 1. The summed E-state index contributed by atoms with van der Waals surface area (Å²) in [6, 6.07) is 1.33. The van der Waals surface area contributed by atoms with Gasteiger partial charge in [0.1, 0.15) is 11.5 Å². The predicted octanol–water partition coefficient (Wildman–Crippen LogP) is 3.01. The standard InChI is InChI=1S/C16H19FN4OS/c1-5-14-15(20(3)16(22)11(2)10-23-4)9-21(19-14)13-6-12(17)7-18-8-13/h5-9,11H,1,10H2,2-4H3. The van der Waals surface area contributed by atoms with E-state index in [-0.39, 0.29) is 11.8 Å². The molecule has 23 heavy (non-hydrogen) atoms. The zero-order chi connectivity index (χ0) is 17.0. The van der Waals surface area contributed by atoms with Gasteiger partial charge in [0.2, 0.25) is 5.91 Å². The van der Waals surface area contributed by atoms with Gasteiger partial charge in [0.05, 0.1) is 30.0 Å². The van der Waals surface area contributed by atoms with Crippen molar-refractivity contribution >= 4 is 29.4 Å². The molecule has 7 heteroatoms. The summed E-state index contributed by atoms with van der Waals surface area (Å²) in [5.74, 6) is 0.193. The fourth-order valence-corrected chi connectivity index (χ4v) is 2.85. The first-order chi connectivity index (χ1) is 11.0. The Morgan fingerprint density at radius 2 is 2.30 bits per heavy atom. The van der Waals surface area contributed by atoms with Gasteiger partial charge in [-0.2, -0.15) is 16.9 Å². The lowest BCUT2D eigenvalue weighted by atomic mass is 10.2. The molecule has 0 saturated carbocycles. The van der Waals surface area contributed by atoms with Crippen molar-refractivity contribution in [3.05, 3.63) is 42.7 Å². The number of aromatic nitrogens is 3. The van der Waals surface area contributed by atoms with Gasteiger partial charge in [0.25, 0.3) is 0 Å². The van der Waals surface area contributed by atoms with Crippen LogP contribution >= 0.6 is 11.8 Å². The molecule has 2 aromatic heterocycles. The molecule has 0 aromatic carbocycles. The normalized spacial score (nSPS) is 12.0. The second-order valence-electron chi connectivity index (χ2n) is 5.16. The average molecular weight is 334 g/mol. The molecule has 1 amide bonds. The second-order valence-corrected chi connectivity index (χ2v) is 6.07. The van der Waals surface area contributed by atoms with Gasteiger partial charge in [-0.25, -0.2) is 9.07 Å². The molecule has 0 aliphatic rings. The van der Waals surface area contributed by atoms with Gasteiger partial charge in [-0.05, 0) is 12.3 Å².